The molecule has 0 aromatic heterocycles. The van der Waals surface area contributed by atoms with Crippen LogP contribution in [0.5, 0.6) is 5.75 Å². The van der Waals surface area contributed by atoms with E-state index in [4.69, 9.17) is 4.74 Å². The predicted octanol–water partition coefficient (Wildman–Crippen LogP) is 2.74. The van der Waals surface area contributed by atoms with Gasteiger partial charge in [0.15, 0.2) is 0 Å². The van der Waals surface area contributed by atoms with Crippen LogP contribution in [-0.4, -0.2) is 30.9 Å². The zero-order valence-electron chi connectivity index (χ0n) is 11.4. The highest BCUT2D eigenvalue weighted by atomic mass is 79.9. The fourth-order valence-corrected chi connectivity index (χ4v) is 2.72. The topological polar surface area (TPSA) is 70.6 Å². The lowest BCUT2D eigenvalue weighted by molar-refractivity contribution is 0.133. The normalized spacial score (nSPS) is 21.6. The lowest BCUT2D eigenvalue weighted by atomic mass is 10.1. The van der Waals surface area contributed by atoms with Crippen LogP contribution in [0.15, 0.2) is 22.7 Å². The fraction of sp³-hybridized carbons (Fsp3) is 0.500. The number of ether oxygens (including phenoxy) is 1. The quantitative estimate of drug-likeness (QED) is 0.787. The van der Waals surface area contributed by atoms with Gasteiger partial charge in [-0.1, -0.05) is 6.42 Å². The Hall–Kier alpha value is -1.27. The summed E-state index contributed by atoms with van der Waals surface area (Å²) in [4.78, 5) is 11.9. The summed E-state index contributed by atoms with van der Waals surface area (Å²) >= 11 is 3.38. The summed E-state index contributed by atoms with van der Waals surface area (Å²) in [5.74, 6) is 0.837. The number of anilines is 1. The molecule has 0 radical (unpaired) electrons. The number of aliphatic hydroxyl groups excluding tert-OH is 1. The highest BCUT2D eigenvalue weighted by Crippen LogP contribution is 2.27. The maximum absolute atomic E-state index is 11.9. The molecule has 3 N–H and O–H groups in total. The molecule has 2 amide bonds. The molecule has 1 saturated carbocycles. The van der Waals surface area contributed by atoms with E-state index in [1.165, 1.54) is 0 Å². The van der Waals surface area contributed by atoms with Gasteiger partial charge in [0.05, 0.1) is 18.9 Å². The molecule has 5 nitrogen and oxygen atoms in total. The average molecular weight is 343 g/mol. The van der Waals surface area contributed by atoms with Gasteiger partial charge in [-0.2, -0.15) is 0 Å². The van der Waals surface area contributed by atoms with Gasteiger partial charge in [0, 0.05) is 23.0 Å². The first-order chi connectivity index (χ1) is 9.60. The lowest BCUT2D eigenvalue weighted by Crippen LogP contribution is -2.35. The number of nitrogens with one attached hydrogen (secondary N) is 2. The molecule has 1 aliphatic carbocycles. The Bertz CT molecular complexity index is 481. The second kappa shape index (κ2) is 6.95. The van der Waals surface area contributed by atoms with E-state index < -0.39 is 0 Å². The molecule has 1 aromatic carbocycles. The second-order valence-electron chi connectivity index (χ2n) is 4.94. The number of urea groups is 1. The zero-order valence-corrected chi connectivity index (χ0v) is 12.9. The van der Waals surface area contributed by atoms with Crippen LogP contribution < -0.4 is 15.4 Å². The molecular formula is C14H19BrN2O3. The smallest absolute Gasteiger partial charge is 0.319 e. The minimum Gasteiger partial charge on any atom is -0.497 e. The van der Waals surface area contributed by atoms with Crippen molar-refractivity contribution in [1.29, 1.82) is 0 Å². The number of carbonyl (C=O) groups is 1. The van der Waals surface area contributed by atoms with Crippen molar-refractivity contribution < 1.29 is 14.6 Å². The van der Waals surface area contributed by atoms with Gasteiger partial charge in [-0.25, -0.2) is 4.79 Å². The molecule has 0 spiro atoms. The number of aliphatic hydroxyl groups is 1. The Labute approximate surface area is 126 Å². The van der Waals surface area contributed by atoms with Gasteiger partial charge < -0.3 is 20.5 Å². The van der Waals surface area contributed by atoms with Crippen LogP contribution in [0.4, 0.5) is 10.5 Å². The third-order valence-corrected chi connectivity index (χ3v) is 4.26. The Kier molecular flexibility index (Phi) is 5.25. The van der Waals surface area contributed by atoms with Crippen molar-refractivity contribution in [2.75, 3.05) is 19.0 Å². The second-order valence-corrected chi connectivity index (χ2v) is 5.79. The average Bonchev–Trinajstić information content (AvgIpc) is 2.84. The Morgan fingerprint density at radius 3 is 2.95 bits per heavy atom. The number of methoxy groups -OCH3 is 1. The van der Waals surface area contributed by atoms with Gasteiger partial charge in [-0.15, -0.1) is 0 Å². The molecule has 6 heteroatoms. The first-order valence-corrected chi connectivity index (χ1v) is 7.46. The van der Waals surface area contributed by atoms with Crippen LogP contribution in [0.2, 0.25) is 0 Å². The summed E-state index contributed by atoms with van der Waals surface area (Å²) in [7, 11) is 1.58. The Morgan fingerprint density at radius 2 is 2.30 bits per heavy atom. The third-order valence-electron chi connectivity index (χ3n) is 3.57. The van der Waals surface area contributed by atoms with Crippen molar-refractivity contribution in [3.63, 3.8) is 0 Å². The summed E-state index contributed by atoms with van der Waals surface area (Å²) in [6.45, 7) is 0.495. The van der Waals surface area contributed by atoms with E-state index in [9.17, 15) is 9.90 Å². The van der Waals surface area contributed by atoms with Crippen LogP contribution in [0.1, 0.15) is 19.3 Å². The molecule has 0 unspecified atom stereocenters. The van der Waals surface area contributed by atoms with Crippen LogP contribution >= 0.6 is 15.9 Å². The maximum atomic E-state index is 11.9. The molecular weight excluding hydrogens is 324 g/mol. The molecule has 1 aromatic rings. The molecule has 2 atom stereocenters. The van der Waals surface area contributed by atoms with Crippen molar-refractivity contribution in [2.24, 2.45) is 5.92 Å². The summed E-state index contributed by atoms with van der Waals surface area (Å²) in [5.41, 5.74) is 0.647. The van der Waals surface area contributed by atoms with Crippen LogP contribution in [0.25, 0.3) is 0 Å². The lowest BCUT2D eigenvalue weighted by Gasteiger charge is -2.16. The first-order valence-electron chi connectivity index (χ1n) is 6.66. The number of rotatable bonds is 4. The number of halogens is 1. The van der Waals surface area contributed by atoms with E-state index in [0.29, 0.717) is 18.0 Å². The maximum Gasteiger partial charge on any atom is 0.319 e. The van der Waals surface area contributed by atoms with Crippen LogP contribution in [0.3, 0.4) is 0 Å². The first kappa shape index (κ1) is 15.1. The fourth-order valence-electron chi connectivity index (χ4n) is 2.37. The highest BCUT2D eigenvalue weighted by Gasteiger charge is 2.25. The summed E-state index contributed by atoms with van der Waals surface area (Å²) in [6.07, 6.45) is 2.52. The predicted molar refractivity (Wildman–Crippen MR) is 81.1 cm³/mol. The molecule has 0 saturated heterocycles. The van der Waals surface area contributed by atoms with Gasteiger partial charge in [0.25, 0.3) is 0 Å². The van der Waals surface area contributed by atoms with Crippen molar-refractivity contribution in [3.05, 3.63) is 22.7 Å². The van der Waals surface area contributed by atoms with Crippen molar-refractivity contribution in [2.45, 2.75) is 25.4 Å². The van der Waals surface area contributed by atoms with Gasteiger partial charge in [0.1, 0.15) is 5.75 Å². The van der Waals surface area contributed by atoms with E-state index in [1.54, 1.807) is 13.2 Å². The van der Waals surface area contributed by atoms with Gasteiger partial charge in [-0.05, 0) is 40.9 Å². The van der Waals surface area contributed by atoms with Crippen molar-refractivity contribution >= 4 is 27.6 Å². The zero-order chi connectivity index (χ0) is 14.5. The summed E-state index contributed by atoms with van der Waals surface area (Å²) < 4.78 is 5.91. The van der Waals surface area contributed by atoms with Crippen LogP contribution in [-0.2, 0) is 0 Å². The largest absolute Gasteiger partial charge is 0.497 e. The molecule has 0 heterocycles. The minimum atomic E-state index is -0.293. The van der Waals surface area contributed by atoms with E-state index in [-0.39, 0.29) is 18.1 Å². The van der Waals surface area contributed by atoms with E-state index in [0.717, 1.165) is 23.7 Å². The van der Waals surface area contributed by atoms with Crippen molar-refractivity contribution in [3.8, 4) is 5.75 Å². The standard InChI is InChI=1S/C14H19BrN2O3/c1-20-10-5-6-11(15)12(7-10)17-14(19)16-8-9-3-2-4-13(9)18/h5-7,9,13,18H,2-4,8H2,1H3,(H2,16,17,19)/t9-,13-/m1/s1. The van der Waals surface area contributed by atoms with Gasteiger partial charge in [-0.3, -0.25) is 0 Å². The molecule has 1 fully saturated rings. The monoisotopic (exact) mass is 342 g/mol. The number of hydrogen-bond donors (Lipinski definition) is 3. The van der Waals surface area contributed by atoms with Crippen molar-refractivity contribution in [1.82, 2.24) is 5.32 Å². The Balaban J connectivity index is 1.87. The molecule has 1 aliphatic rings. The molecule has 20 heavy (non-hydrogen) atoms. The number of benzene rings is 1. The third kappa shape index (κ3) is 3.86. The molecule has 0 aliphatic heterocycles. The van der Waals surface area contributed by atoms with Crippen LogP contribution in [0, 0.1) is 5.92 Å². The Morgan fingerprint density at radius 1 is 1.50 bits per heavy atom. The molecule has 0 bridgehead atoms. The number of hydrogen-bond acceptors (Lipinski definition) is 3. The van der Waals surface area contributed by atoms with E-state index in [2.05, 4.69) is 26.6 Å². The van der Waals surface area contributed by atoms with E-state index >= 15 is 0 Å². The van der Waals surface area contributed by atoms with E-state index in [1.807, 2.05) is 12.1 Å². The van der Waals surface area contributed by atoms with Gasteiger partial charge >= 0.3 is 6.03 Å². The highest BCUT2D eigenvalue weighted by molar-refractivity contribution is 9.10. The van der Waals surface area contributed by atoms with Gasteiger partial charge in [0.2, 0.25) is 0 Å². The molecule has 110 valence electrons. The summed E-state index contributed by atoms with van der Waals surface area (Å²) in [5, 5.41) is 15.3. The molecule has 2 rings (SSSR count). The summed E-state index contributed by atoms with van der Waals surface area (Å²) in [6, 6.07) is 5.09. The number of carbonyl (C=O) groups excluding carboxylic acids is 1. The SMILES string of the molecule is COc1ccc(Br)c(NC(=O)NC[C@H]2CCC[C@H]2O)c1. The number of amides is 2. The minimum absolute atomic E-state index is 0.162.